The molecule has 1 aliphatic carbocycles. The first kappa shape index (κ1) is 17.1. The van der Waals surface area contributed by atoms with Gasteiger partial charge in [0.25, 0.3) is 0 Å². The lowest BCUT2D eigenvalue weighted by Gasteiger charge is -2.15. The average Bonchev–Trinajstić information content (AvgIpc) is 3.37. The summed E-state index contributed by atoms with van der Waals surface area (Å²) >= 11 is 1.28. The van der Waals surface area contributed by atoms with Crippen LogP contribution in [-0.2, 0) is 9.53 Å². The molecule has 1 aromatic carbocycles. The van der Waals surface area contributed by atoms with Crippen molar-refractivity contribution in [1.82, 2.24) is 15.8 Å². The van der Waals surface area contributed by atoms with E-state index in [1.165, 1.54) is 18.4 Å². The van der Waals surface area contributed by atoms with Gasteiger partial charge in [0.15, 0.2) is 10.8 Å². The minimum Gasteiger partial charge on any atom is -0.464 e. The van der Waals surface area contributed by atoms with Crippen LogP contribution in [0.25, 0.3) is 10.4 Å². The summed E-state index contributed by atoms with van der Waals surface area (Å²) in [5.74, 6) is -0.350. The Kier molecular flexibility index (Phi) is 4.71. The Hall–Kier alpha value is -2.29. The van der Waals surface area contributed by atoms with Crippen LogP contribution in [0, 0.1) is 5.92 Å². The molecule has 4 rings (SSSR count). The summed E-state index contributed by atoms with van der Waals surface area (Å²) < 4.78 is 4.84. The van der Waals surface area contributed by atoms with Crippen molar-refractivity contribution < 1.29 is 14.3 Å². The maximum Gasteiger partial charge on any atom is 0.358 e. The highest BCUT2D eigenvalue weighted by molar-refractivity contribution is 7.19. The molecule has 0 radical (unpaired) electrons. The van der Waals surface area contributed by atoms with Crippen molar-refractivity contribution in [1.29, 1.82) is 0 Å². The maximum absolute atomic E-state index is 12.7. The maximum atomic E-state index is 12.7. The number of hydrogen-bond donors (Lipinski definition) is 3. The number of hydrogen-bond acceptors (Lipinski definition) is 7. The predicted octanol–water partition coefficient (Wildman–Crippen LogP) is 2.18. The minimum atomic E-state index is -0.517. The van der Waals surface area contributed by atoms with E-state index in [4.69, 9.17) is 4.74 Å². The van der Waals surface area contributed by atoms with Crippen molar-refractivity contribution in [2.75, 3.05) is 12.4 Å². The molecule has 2 fully saturated rings. The molecule has 136 valence electrons. The van der Waals surface area contributed by atoms with Crippen LogP contribution in [0.3, 0.4) is 0 Å². The number of carbonyl (C=O) groups is 2. The van der Waals surface area contributed by atoms with Crippen LogP contribution in [0.1, 0.15) is 29.8 Å². The number of amides is 1. The monoisotopic (exact) mass is 372 g/mol. The third kappa shape index (κ3) is 3.11. The Balaban J connectivity index is 1.58. The molecule has 7 nitrogen and oxygen atoms in total. The number of methoxy groups -OCH3 is 1. The third-order valence-electron chi connectivity index (χ3n) is 4.98. The van der Waals surface area contributed by atoms with Crippen molar-refractivity contribution in [3.63, 3.8) is 0 Å². The Morgan fingerprint density at radius 2 is 2.04 bits per heavy atom. The zero-order valence-electron chi connectivity index (χ0n) is 14.3. The first-order valence-electron chi connectivity index (χ1n) is 8.64. The number of rotatable bonds is 4. The SMILES string of the molecule is COC(=O)c1nc(NC(=O)C2NNC3CCCC32)sc1-c1ccccc1. The van der Waals surface area contributed by atoms with E-state index in [1.54, 1.807) is 0 Å². The van der Waals surface area contributed by atoms with Crippen LogP contribution in [0.15, 0.2) is 30.3 Å². The zero-order chi connectivity index (χ0) is 18.1. The smallest absolute Gasteiger partial charge is 0.358 e. The number of benzene rings is 1. The van der Waals surface area contributed by atoms with Gasteiger partial charge in [-0.15, -0.1) is 0 Å². The van der Waals surface area contributed by atoms with Crippen LogP contribution < -0.4 is 16.2 Å². The van der Waals surface area contributed by atoms with Crippen LogP contribution in [0.4, 0.5) is 5.13 Å². The lowest BCUT2D eigenvalue weighted by atomic mass is 9.97. The van der Waals surface area contributed by atoms with Gasteiger partial charge in [0, 0.05) is 12.0 Å². The molecule has 1 aliphatic heterocycles. The van der Waals surface area contributed by atoms with Crippen molar-refractivity contribution in [3.8, 4) is 10.4 Å². The molecule has 3 unspecified atom stereocenters. The van der Waals surface area contributed by atoms with E-state index in [9.17, 15) is 9.59 Å². The van der Waals surface area contributed by atoms with E-state index in [2.05, 4.69) is 21.2 Å². The molecular formula is C18H20N4O3S. The molecule has 1 amide bonds. The van der Waals surface area contributed by atoms with Gasteiger partial charge in [0.1, 0.15) is 6.04 Å². The van der Waals surface area contributed by atoms with Crippen LogP contribution in [-0.4, -0.2) is 36.1 Å². The largest absolute Gasteiger partial charge is 0.464 e. The first-order chi connectivity index (χ1) is 12.7. The van der Waals surface area contributed by atoms with Crippen LogP contribution in [0.2, 0.25) is 0 Å². The predicted molar refractivity (Wildman–Crippen MR) is 98.7 cm³/mol. The van der Waals surface area contributed by atoms with Gasteiger partial charge in [-0.3, -0.25) is 10.2 Å². The second-order valence-electron chi connectivity index (χ2n) is 6.51. The van der Waals surface area contributed by atoms with Crippen LogP contribution in [0.5, 0.6) is 0 Å². The molecular weight excluding hydrogens is 352 g/mol. The number of ether oxygens (including phenoxy) is 1. The molecule has 1 saturated carbocycles. The molecule has 0 bridgehead atoms. The second-order valence-corrected chi connectivity index (χ2v) is 7.51. The Morgan fingerprint density at radius 1 is 1.23 bits per heavy atom. The average molecular weight is 372 g/mol. The van der Waals surface area contributed by atoms with E-state index in [0.29, 0.717) is 22.0 Å². The van der Waals surface area contributed by atoms with Gasteiger partial charge in [0.2, 0.25) is 5.91 Å². The zero-order valence-corrected chi connectivity index (χ0v) is 15.1. The summed E-state index contributed by atoms with van der Waals surface area (Å²) in [6.07, 6.45) is 3.25. The van der Waals surface area contributed by atoms with E-state index in [0.717, 1.165) is 24.8 Å². The second kappa shape index (κ2) is 7.14. The quantitative estimate of drug-likeness (QED) is 0.713. The van der Waals surface area contributed by atoms with Crippen molar-refractivity contribution >= 4 is 28.3 Å². The van der Waals surface area contributed by atoms with E-state index >= 15 is 0 Å². The summed E-state index contributed by atoms with van der Waals surface area (Å²) in [7, 11) is 1.32. The van der Waals surface area contributed by atoms with Gasteiger partial charge in [-0.2, -0.15) is 0 Å². The number of aromatic nitrogens is 1. The summed E-state index contributed by atoms with van der Waals surface area (Å²) in [6.45, 7) is 0. The van der Waals surface area contributed by atoms with E-state index in [-0.39, 0.29) is 17.6 Å². The van der Waals surface area contributed by atoms with Crippen LogP contribution >= 0.6 is 11.3 Å². The molecule has 1 saturated heterocycles. The lowest BCUT2D eigenvalue weighted by molar-refractivity contribution is -0.118. The fourth-order valence-electron chi connectivity index (χ4n) is 3.71. The fourth-order valence-corrected chi connectivity index (χ4v) is 4.67. The highest BCUT2D eigenvalue weighted by Crippen LogP contribution is 2.35. The third-order valence-corrected chi connectivity index (χ3v) is 6.00. The fraction of sp³-hybridized carbons (Fsp3) is 0.389. The van der Waals surface area contributed by atoms with Gasteiger partial charge in [-0.1, -0.05) is 48.1 Å². The van der Waals surface area contributed by atoms with E-state index in [1.807, 2.05) is 30.3 Å². The number of nitrogens with one attached hydrogen (secondary N) is 3. The Morgan fingerprint density at radius 3 is 2.81 bits per heavy atom. The Bertz CT molecular complexity index is 823. The number of hydrazine groups is 1. The molecule has 2 heterocycles. The number of carbonyl (C=O) groups excluding carboxylic acids is 2. The Labute approximate surface area is 155 Å². The summed E-state index contributed by atoms with van der Waals surface area (Å²) in [4.78, 5) is 29.8. The topological polar surface area (TPSA) is 92.3 Å². The molecule has 1 aromatic heterocycles. The summed E-state index contributed by atoms with van der Waals surface area (Å²) in [5, 5.41) is 3.26. The van der Waals surface area contributed by atoms with E-state index < -0.39 is 5.97 Å². The molecule has 0 spiro atoms. The molecule has 8 heteroatoms. The van der Waals surface area contributed by atoms with Gasteiger partial charge < -0.3 is 10.1 Å². The van der Waals surface area contributed by atoms with Gasteiger partial charge in [0.05, 0.1) is 12.0 Å². The highest BCUT2D eigenvalue weighted by atomic mass is 32.1. The standard InChI is InChI=1S/C18H20N4O3S/c1-25-17(24)14-15(10-6-3-2-4-7-10)26-18(19-14)20-16(23)13-11-8-5-9-12(11)21-22-13/h2-4,6-7,11-13,21-22H,5,8-9H2,1H3,(H,19,20,23). The number of esters is 1. The van der Waals surface area contributed by atoms with Gasteiger partial charge in [-0.25, -0.2) is 15.2 Å². The number of fused-ring (bicyclic) bond motifs is 1. The molecule has 3 N–H and O–H groups in total. The van der Waals surface area contributed by atoms with Crippen molar-refractivity contribution in [3.05, 3.63) is 36.0 Å². The van der Waals surface area contributed by atoms with Crippen molar-refractivity contribution in [2.45, 2.75) is 31.3 Å². The molecule has 2 aromatic rings. The number of nitrogens with zero attached hydrogens (tertiary/aromatic N) is 1. The minimum absolute atomic E-state index is 0.128. The molecule has 2 aliphatic rings. The van der Waals surface area contributed by atoms with Gasteiger partial charge in [-0.05, 0) is 18.4 Å². The normalized spacial score (nSPS) is 24.3. The highest BCUT2D eigenvalue weighted by Gasteiger charge is 2.42. The summed E-state index contributed by atoms with van der Waals surface area (Å²) in [6, 6.07) is 9.56. The van der Waals surface area contributed by atoms with Crippen molar-refractivity contribution in [2.24, 2.45) is 5.92 Å². The number of thiazole rings is 1. The lowest BCUT2D eigenvalue weighted by Crippen LogP contribution is -2.42. The summed E-state index contributed by atoms with van der Waals surface area (Å²) in [5.41, 5.74) is 7.37. The first-order valence-corrected chi connectivity index (χ1v) is 9.45. The number of anilines is 1. The molecule has 3 atom stereocenters. The van der Waals surface area contributed by atoms with Gasteiger partial charge >= 0.3 is 5.97 Å². The molecule has 26 heavy (non-hydrogen) atoms.